The average molecular weight is 506 g/mol. The number of hydrogen-bond acceptors (Lipinski definition) is 2. The fourth-order valence-corrected chi connectivity index (χ4v) is 6.05. The number of rotatable bonds is 3. The van der Waals surface area contributed by atoms with Crippen molar-refractivity contribution in [3.8, 4) is 22.3 Å². The molecule has 0 bridgehead atoms. The molecule has 0 aromatic heterocycles. The highest BCUT2D eigenvalue weighted by molar-refractivity contribution is 6.69. The predicted molar refractivity (Wildman–Crippen MR) is 166 cm³/mol. The van der Waals surface area contributed by atoms with E-state index in [4.69, 9.17) is 9.31 Å². The first kappa shape index (κ1) is 24.1. The smallest absolute Gasteiger partial charge is 0.399 e. The molecule has 0 radical (unpaired) electrons. The van der Waals surface area contributed by atoms with Gasteiger partial charge >= 0.3 is 7.12 Å². The van der Waals surface area contributed by atoms with E-state index in [-0.39, 0.29) is 0 Å². The first-order valence-electron chi connectivity index (χ1n) is 13.7. The van der Waals surface area contributed by atoms with E-state index in [1.807, 2.05) is 0 Å². The van der Waals surface area contributed by atoms with Crippen LogP contribution < -0.4 is 5.46 Å². The fraction of sp³-hybridized carbons (Fsp3) is 0.167. The van der Waals surface area contributed by atoms with Gasteiger partial charge in [-0.1, -0.05) is 115 Å². The highest BCUT2D eigenvalue weighted by Crippen LogP contribution is 2.43. The topological polar surface area (TPSA) is 18.5 Å². The third-order valence-corrected chi connectivity index (χ3v) is 8.74. The minimum atomic E-state index is -0.448. The Balaban J connectivity index is 1.55. The van der Waals surface area contributed by atoms with Gasteiger partial charge in [0.2, 0.25) is 0 Å². The molecule has 0 aliphatic carbocycles. The van der Waals surface area contributed by atoms with Crippen LogP contribution in [0.15, 0.2) is 115 Å². The summed E-state index contributed by atoms with van der Waals surface area (Å²) in [6, 6.07) is 41.4. The van der Waals surface area contributed by atoms with Crippen LogP contribution >= 0.6 is 0 Å². The van der Waals surface area contributed by atoms with E-state index in [0.29, 0.717) is 0 Å². The maximum atomic E-state index is 6.62. The lowest BCUT2D eigenvalue weighted by atomic mass is 9.71. The minimum absolute atomic E-state index is 0.415. The molecule has 0 unspecified atom stereocenters. The second-order valence-corrected chi connectivity index (χ2v) is 11.5. The normalized spacial score (nSPS) is 16.4. The zero-order chi connectivity index (χ0) is 26.8. The monoisotopic (exact) mass is 506 g/mol. The maximum Gasteiger partial charge on any atom is 0.496 e. The summed E-state index contributed by atoms with van der Waals surface area (Å²) in [5.74, 6) is 0. The van der Waals surface area contributed by atoms with Gasteiger partial charge < -0.3 is 9.31 Å². The number of hydrogen-bond donors (Lipinski definition) is 0. The van der Waals surface area contributed by atoms with Crippen molar-refractivity contribution in [3.05, 3.63) is 115 Å². The van der Waals surface area contributed by atoms with Crippen molar-refractivity contribution in [2.24, 2.45) is 0 Å². The first-order valence-corrected chi connectivity index (χ1v) is 13.7. The predicted octanol–water partition coefficient (Wildman–Crippen LogP) is 8.78. The van der Waals surface area contributed by atoms with Crippen molar-refractivity contribution >= 4 is 44.9 Å². The van der Waals surface area contributed by atoms with Crippen molar-refractivity contribution in [3.63, 3.8) is 0 Å². The summed E-state index contributed by atoms with van der Waals surface area (Å²) >= 11 is 0. The van der Waals surface area contributed by atoms with Gasteiger partial charge in [-0.15, -0.1) is 0 Å². The van der Waals surface area contributed by atoms with Crippen LogP contribution in [0.25, 0.3) is 54.6 Å². The lowest BCUT2D eigenvalue weighted by Gasteiger charge is -2.32. The van der Waals surface area contributed by atoms with E-state index in [1.54, 1.807) is 0 Å². The van der Waals surface area contributed by atoms with Crippen LogP contribution in [-0.2, 0) is 9.31 Å². The molecule has 1 heterocycles. The van der Waals surface area contributed by atoms with E-state index in [9.17, 15) is 0 Å². The number of benzene rings is 6. The van der Waals surface area contributed by atoms with Gasteiger partial charge in [-0.2, -0.15) is 0 Å². The van der Waals surface area contributed by atoms with E-state index in [1.165, 1.54) is 54.6 Å². The maximum absolute atomic E-state index is 6.62. The molecule has 0 atom stereocenters. The molecule has 1 aliphatic rings. The highest BCUT2D eigenvalue weighted by Gasteiger charge is 2.52. The Bertz CT molecular complexity index is 1800. The van der Waals surface area contributed by atoms with Crippen LogP contribution in [0.5, 0.6) is 0 Å². The van der Waals surface area contributed by atoms with Crippen molar-refractivity contribution in [2.75, 3.05) is 0 Å². The summed E-state index contributed by atoms with van der Waals surface area (Å²) in [6.07, 6.45) is 0. The summed E-state index contributed by atoms with van der Waals surface area (Å²) in [4.78, 5) is 0. The molecule has 0 saturated carbocycles. The number of fused-ring (bicyclic) bond motifs is 3. The summed E-state index contributed by atoms with van der Waals surface area (Å²) in [5, 5.41) is 7.25. The molecule has 7 rings (SSSR count). The van der Waals surface area contributed by atoms with Gasteiger partial charge in [0.25, 0.3) is 0 Å². The molecule has 1 aliphatic heterocycles. The third-order valence-electron chi connectivity index (χ3n) is 8.74. The highest BCUT2D eigenvalue weighted by atomic mass is 16.7. The van der Waals surface area contributed by atoms with Gasteiger partial charge in [0, 0.05) is 0 Å². The van der Waals surface area contributed by atoms with Crippen molar-refractivity contribution in [1.29, 1.82) is 0 Å². The van der Waals surface area contributed by atoms with Crippen molar-refractivity contribution < 1.29 is 9.31 Å². The molecule has 6 aromatic carbocycles. The molecule has 6 aromatic rings. The average Bonchev–Trinajstić information content (AvgIpc) is 3.17. The quantitative estimate of drug-likeness (QED) is 0.176. The molecule has 3 heteroatoms. The fourth-order valence-electron chi connectivity index (χ4n) is 6.05. The molecule has 190 valence electrons. The van der Waals surface area contributed by atoms with Crippen molar-refractivity contribution in [2.45, 2.75) is 38.9 Å². The van der Waals surface area contributed by atoms with E-state index >= 15 is 0 Å². The van der Waals surface area contributed by atoms with Gasteiger partial charge in [0.1, 0.15) is 0 Å². The summed E-state index contributed by atoms with van der Waals surface area (Å²) < 4.78 is 13.2. The Kier molecular flexibility index (Phi) is 5.45. The standard InChI is InChI=1S/C36H31BO2/c1-35(2)36(3,4)39-37(38-35)34-31-20-12-10-18-28(31)33(29-19-11-13-21-32(29)34)30-23-22-25(24-14-6-5-7-15-24)26-16-8-9-17-27(26)30/h5-23H,1-4H3. The van der Waals surface area contributed by atoms with Crippen LogP contribution in [-0.4, -0.2) is 18.3 Å². The molecule has 1 fully saturated rings. The van der Waals surface area contributed by atoms with Gasteiger partial charge in [-0.05, 0) is 87.7 Å². The summed E-state index contributed by atoms with van der Waals surface area (Å²) in [5.41, 5.74) is 5.23. The van der Waals surface area contributed by atoms with E-state index in [2.05, 4.69) is 143 Å². The second-order valence-electron chi connectivity index (χ2n) is 11.5. The van der Waals surface area contributed by atoms with Crippen LogP contribution in [0.3, 0.4) is 0 Å². The Morgan fingerprint density at radius 1 is 0.436 bits per heavy atom. The zero-order valence-electron chi connectivity index (χ0n) is 22.9. The Morgan fingerprint density at radius 3 is 1.38 bits per heavy atom. The molecule has 1 saturated heterocycles. The molecule has 0 amide bonds. The third kappa shape index (κ3) is 3.72. The largest absolute Gasteiger partial charge is 0.496 e. The summed E-state index contributed by atoms with van der Waals surface area (Å²) in [7, 11) is -0.448. The molecule has 2 nitrogen and oxygen atoms in total. The van der Waals surface area contributed by atoms with Crippen LogP contribution in [0, 0.1) is 0 Å². The van der Waals surface area contributed by atoms with E-state index in [0.717, 1.165) is 5.46 Å². The van der Waals surface area contributed by atoms with Crippen molar-refractivity contribution in [1.82, 2.24) is 0 Å². The molecular formula is C36H31BO2. The Morgan fingerprint density at radius 2 is 0.846 bits per heavy atom. The first-order chi connectivity index (χ1) is 18.9. The summed E-state index contributed by atoms with van der Waals surface area (Å²) in [6.45, 7) is 8.47. The Labute approximate surface area is 230 Å². The minimum Gasteiger partial charge on any atom is -0.399 e. The molecule has 39 heavy (non-hydrogen) atoms. The van der Waals surface area contributed by atoms with Gasteiger partial charge in [-0.25, -0.2) is 0 Å². The lowest BCUT2D eigenvalue weighted by Crippen LogP contribution is -2.41. The second kappa shape index (κ2) is 8.81. The van der Waals surface area contributed by atoms with Crippen LogP contribution in [0.4, 0.5) is 0 Å². The van der Waals surface area contributed by atoms with E-state index < -0.39 is 18.3 Å². The Hall–Kier alpha value is -3.92. The van der Waals surface area contributed by atoms with Crippen LogP contribution in [0.1, 0.15) is 27.7 Å². The van der Waals surface area contributed by atoms with Gasteiger partial charge in [-0.3, -0.25) is 0 Å². The molecule has 0 spiro atoms. The zero-order valence-corrected chi connectivity index (χ0v) is 22.9. The lowest BCUT2D eigenvalue weighted by molar-refractivity contribution is 0.00578. The molecular weight excluding hydrogens is 475 g/mol. The SMILES string of the molecule is CC1(C)OB(c2c3ccccc3c(-c3ccc(-c4ccccc4)c4ccccc34)c3ccccc23)OC1(C)C. The van der Waals surface area contributed by atoms with Gasteiger partial charge in [0.05, 0.1) is 11.2 Å². The molecule has 0 N–H and O–H groups in total. The van der Waals surface area contributed by atoms with Gasteiger partial charge in [0.15, 0.2) is 0 Å². The van der Waals surface area contributed by atoms with Crippen LogP contribution in [0.2, 0.25) is 0 Å².